The third kappa shape index (κ3) is 4.34. The summed E-state index contributed by atoms with van der Waals surface area (Å²) >= 11 is 1.44. The SMILES string of the molecule is O=C(O)c1ccc(C(=O)Nc2sc3c(c2C(=O)NCc2ccc4c(c2)OCO4)CCCC3)cc1. The molecule has 174 valence electrons. The molecule has 2 amide bonds. The number of fused-ring (bicyclic) bond motifs is 2. The molecular weight excluding hydrogens is 456 g/mol. The van der Waals surface area contributed by atoms with E-state index >= 15 is 0 Å². The van der Waals surface area contributed by atoms with E-state index in [-0.39, 0.29) is 24.2 Å². The summed E-state index contributed by atoms with van der Waals surface area (Å²) in [5.41, 5.74) is 2.81. The van der Waals surface area contributed by atoms with Crippen molar-refractivity contribution in [3.63, 3.8) is 0 Å². The van der Waals surface area contributed by atoms with Crippen LogP contribution in [0.3, 0.4) is 0 Å². The smallest absolute Gasteiger partial charge is 0.335 e. The number of carbonyl (C=O) groups is 3. The van der Waals surface area contributed by atoms with Gasteiger partial charge in [0.15, 0.2) is 11.5 Å². The number of carboxylic acid groups (broad SMARTS) is 1. The van der Waals surface area contributed by atoms with Gasteiger partial charge in [0.05, 0.1) is 11.1 Å². The highest BCUT2D eigenvalue weighted by Gasteiger charge is 2.26. The second-order valence-corrected chi connectivity index (χ2v) is 9.23. The molecule has 1 aliphatic carbocycles. The molecule has 2 aliphatic rings. The quantitative estimate of drug-likeness (QED) is 0.488. The largest absolute Gasteiger partial charge is 0.478 e. The third-order valence-corrected chi connectivity index (χ3v) is 7.12. The molecule has 0 spiro atoms. The molecule has 8 nitrogen and oxygen atoms in total. The van der Waals surface area contributed by atoms with Crippen molar-refractivity contribution >= 4 is 34.1 Å². The van der Waals surface area contributed by atoms with E-state index < -0.39 is 5.97 Å². The molecule has 1 aromatic heterocycles. The molecule has 1 aliphatic heterocycles. The summed E-state index contributed by atoms with van der Waals surface area (Å²) in [6, 6.07) is 11.2. The van der Waals surface area contributed by atoms with Crippen LogP contribution >= 0.6 is 11.3 Å². The zero-order chi connectivity index (χ0) is 23.7. The first kappa shape index (κ1) is 22.0. The number of nitrogens with one attached hydrogen (secondary N) is 2. The zero-order valence-corrected chi connectivity index (χ0v) is 19.0. The van der Waals surface area contributed by atoms with Crippen LogP contribution in [0.5, 0.6) is 11.5 Å². The van der Waals surface area contributed by atoms with Crippen molar-refractivity contribution < 1.29 is 29.0 Å². The summed E-state index contributed by atoms with van der Waals surface area (Å²) in [4.78, 5) is 38.3. The van der Waals surface area contributed by atoms with Crippen molar-refractivity contribution in [3.8, 4) is 11.5 Å². The molecule has 2 heterocycles. The second kappa shape index (κ2) is 9.18. The number of carbonyl (C=O) groups excluding carboxylic acids is 2. The number of ether oxygens (including phenoxy) is 2. The Bertz CT molecular complexity index is 1280. The normalized spacial score (nSPS) is 13.8. The maximum absolute atomic E-state index is 13.3. The fourth-order valence-electron chi connectivity index (χ4n) is 4.16. The van der Waals surface area contributed by atoms with E-state index in [0.717, 1.165) is 41.7 Å². The van der Waals surface area contributed by atoms with Gasteiger partial charge in [-0.25, -0.2) is 4.79 Å². The standard InChI is InChI=1S/C25H22N2O6S/c28-22(15-6-8-16(9-7-15)25(30)31)27-24-21(17-3-1-2-4-20(17)34-24)23(29)26-12-14-5-10-18-19(11-14)33-13-32-18/h5-11H,1-4,12-13H2,(H,26,29)(H,27,28)(H,30,31). The Morgan fingerprint density at radius 3 is 2.44 bits per heavy atom. The van der Waals surface area contributed by atoms with Crippen LogP contribution in [-0.2, 0) is 19.4 Å². The molecule has 2 aromatic carbocycles. The van der Waals surface area contributed by atoms with Crippen LogP contribution in [0.15, 0.2) is 42.5 Å². The van der Waals surface area contributed by atoms with Gasteiger partial charge in [0, 0.05) is 17.0 Å². The number of anilines is 1. The predicted octanol–water partition coefficient (Wildman–Crippen LogP) is 4.24. The number of carboxylic acids is 1. The lowest BCUT2D eigenvalue weighted by atomic mass is 9.95. The van der Waals surface area contributed by atoms with Gasteiger partial charge >= 0.3 is 5.97 Å². The molecule has 5 rings (SSSR count). The van der Waals surface area contributed by atoms with Gasteiger partial charge in [-0.15, -0.1) is 11.3 Å². The lowest BCUT2D eigenvalue weighted by molar-refractivity contribution is 0.0696. The number of aryl methyl sites for hydroxylation is 1. The summed E-state index contributed by atoms with van der Waals surface area (Å²) in [6.07, 6.45) is 3.72. The number of hydrogen-bond acceptors (Lipinski definition) is 6. The second-order valence-electron chi connectivity index (χ2n) is 8.12. The van der Waals surface area contributed by atoms with E-state index in [0.29, 0.717) is 34.2 Å². The Labute approximate surface area is 199 Å². The minimum atomic E-state index is -1.06. The number of aromatic carboxylic acids is 1. The van der Waals surface area contributed by atoms with E-state index in [1.54, 1.807) is 0 Å². The maximum Gasteiger partial charge on any atom is 0.335 e. The molecule has 0 saturated carbocycles. The van der Waals surface area contributed by atoms with Crippen molar-refractivity contribution in [2.24, 2.45) is 0 Å². The first-order valence-electron chi connectivity index (χ1n) is 11.0. The monoisotopic (exact) mass is 478 g/mol. The van der Waals surface area contributed by atoms with Gasteiger partial charge in [0.25, 0.3) is 11.8 Å². The Morgan fingerprint density at radius 2 is 1.65 bits per heavy atom. The molecule has 0 unspecified atom stereocenters. The first-order chi connectivity index (χ1) is 16.5. The summed E-state index contributed by atoms with van der Waals surface area (Å²) in [5.74, 6) is -0.349. The number of hydrogen-bond donors (Lipinski definition) is 3. The zero-order valence-electron chi connectivity index (χ0n) is 18.2. The Balaban J connectivity index is 1.36. The van der Waals surface area contributed by atoms with Crippen LogP contribution in [0.4, 0.5) is 5.00 Å². The van der Waals surface area contributed by atoms with Crippen LogP contribution in [0.2, 0.25) is 0 Å². The molecule has 0 radical (unpaired) electrons. The summed E-state index contributed by atoms with van der Waals surface area (Å²) in [7, 11) is 0. The Kier molecular flexibility index (Phi) is 5.93. The van der Waals surface area contributed by atoms with E-state index in [4.69, 9.17) is 14.6 Å². The Morgan fingerprint density at radius 1 is 0.912 bits per heavy atom. The van der Waals surface area contributed by atoms with Crippen molar-refractivity contribution in [1.29, 1.82) is 0 Å². The van der Waals surface area contributed by atoms with Crippen LogP contribution < -0.4 is 20.1 Å². The average Bonchev–Trinajstić information content (AvgIpc) is 3.46. The average molecular weight is 479 g/mol. The van der Waals surface area contributed by atoms with E-state index in [1.165, 1.54) is 35.6 Å². The highest BCUT2D eigenvalue weighted by Crippen LogP contribution is 2.38. The molecule has 0 fully saturated rings. The highest BCUT2D eigenvalue weighted by atomic mass is 32.1. The predicted molar refractivity (Wildman–Crippen MR) is 126 cm³/mol. The van der Waals surface area contributed by atoms with Gasteiger partial charge in [-0.1, -0.05) is 6.07 Å². The van der Waals surface area contributed by atoms with Gasteiger partial charge in [-0.3, -0.25) is 9.59 Å². The number of thiophene rings is 1. The van der Waals surface area contributed by atoms with Crippen molar-refractivity contribution in [2.75, 3.05) is 12.1 Å². The summed E-state index contributed by atoms with van der Waals surface area (Å²) < 4.78 is 10.7. The molecule has 3 N–H and O–H groups in total. The molecular formula is C25H22N2O6S. The highest BCUT2D eigenvalue weighted by molar-refractivity contribution is 7.17. The number of rotatable bonds is 6. The number of amides is 2. The van der Waals surface area contributed by atoms with E-state index in [1.807, 2.05) is 18.2 Å². The van der Waals surface area contributed by atoms with Gasteiger partial charge in [0.2, 0.25) is 6.79 Å². The van der Waals surface area contributed by atoms with Crippen molar-refractivity contribution in [2.45, 2.75) is 32.2 Å². The van der Waals surface area contributed by atoms with Crippen LogP contribution in [0.25, 0.3) is 0 Å². The van der Waals surface area contributed by atoms with Crippen LogP contribution in [-0.4, -0.2) is 29.7 Å². The van der Waals surface area contributed by atoms with Crippen molar-refractivity contribution in [1.82, 2.24) is 5.32 Å². The van der Waals surface area contributed by atoms with Gasteiger partial charge in [-0.2, -0.15) is 0 Å². The van der Waals surface area contributed by atoms with Gasteiger partial charge in [-0.05, 0) is 73.2 Å². The molecule has 0 atom stereocenters. The minimum Gasteiger partial charge on any atom is -0.478 e. The molecule has 0 saturated heterocycles. The van der Waals surface area contributed by atoms with Crippen LogP contribution in [0.1, 0.15) is 59.9 Å². The Hall–Kier alpha value is -3.85. The minimum absolute atomic E-state index is 0.103. The summed E-state index contributed by atoms with van der Waals surface area (Å²) in [5, 5.41) is 15.4. The lowest BCUT2D eigenvalue weighted by Gasteiger charge is -2.13. The summed E-state index contributed by atoms with van der Waals surface area (Å²) in [6.45, 7) is 0.498. The maximum atomic E-state index is 13.3. The fraction of sp³-hybridized carbons (Fsp3) is 0.240. The number of benzene rings is 2. The fourth-order valence-corrected chi connectivity index (χ4v) is 5.44. The van der Waals surface area contributed by atoms with E-state index in [9.17, 15) is 14.4 Å². The van der Waals surface area contributed by atoms with Gasteiger partial charge < -0.3 is 25.2 Å². The van der Waals surface area contributed by atoms with Gasteiger partial charge in [0.1, 0.15) is 5.00 Å². The van der Waals surface area contributed by atoms with Crippen molar-refractivity contribution in [3.05, 3.63) is 75.2 Å². The molecule has 9 heteroatoms. The first-order valence-corrected chi connectivity index (χ1v) is 11.8. The lowest BCUT2D eigenvalue weighted by Crippen LogP contribution is -2.25. The molecule has 3 aromatic rings. The third-order valence-electron chi connectivity index (χ3n) is 5.91. The molecule has 34 heavy (non-hydrogen) atoms. The molecule has 0 bridgehead atoms. The van der Waals surface area contributed by atoms with E-state index in [2.05, 4.69) is 10.6 Å². The topological polar surface area (TPSA) is 114 Å². The van der Waals surface area contributed by atoms with Crippen LogP contribution in [0, 0.1) is 0 Å².